The minimum absolute atomic E-state index is 0.00144. The zero-order chi connectivity index (χ0) is 20.1. The van der Waals surface area contributed by atoms with Crippen molar-refractivity contribution in [3.8, 4) is 0 Å². The first kappa shape index (κ1) is 20.3. The number of nitrogens with one attached hydrogen (secondary N) is 2. The first-order chi connectivity index (χ1) is 13.4. The summed E-state index contributed by atoms with van der Waals surface area (Å²) in [5, 5.41) is 26.7. The predicted octanol–water partition coefficient (Wildman–Crippen LogP) is 0.991. The molecule has 0 radical (unpaired) electrons. The van der Waals surface area contributed by atoms with Crippen molar-refractivity contribution in [2.45, 2.75) is 17.8 Å². The van der Waals surface area contributed by atoms with E-state index in [-0.39, 0.29) is 31.5 Å². The fraction of sp³-hybridized carbons (Fsp3) is 0.300. The van der Waals surface area contributed by atoms with Crippen molar-refractivity contribution in [3.05, 3.63) is 70.7 Å². The molecular formula is C20H21ClN2O5. The molecule has 0 aliphatic carbocycles. The standard InChI is InChI=1S/C20H21ClN2O5/c21-15-8-4-7-14(9-15)19(26)22-10-16-17(24)20(27,12-28-16)11-23-18(25)13-5-2-1-3-6-13/h1-9,16-17,24,27H,10-12H2,(H,22,26)(H,23,25)/t16-,17-,20+/m1/s1. The van der Waals surface area contributed by atoms with Crippen LogP contribution in [-0.4, -0.2) is 59.5 Å². The van der Waals surface area contributed by atoms with Crippen LogP contribution < -0.4 is 10.6 Å². The second-order valence-electron chi connectivity index (χ2n) is 6.67. The molecule has 28 heavy (non-hydrogen) atoms. The Morgan fingerprint density at radius 2 is 1.75 bits per heavy atom. The van der Waals surface area contributed by atoms with Gasteiger partial charge in [0.15, 0.2) is 0 Å². The third kappa shape index (κ3) is 4.69. The van der Waals surface area contributed by atoms with Crippen LogP contribution in [0.3, 0.4) is 0 Å². The smallest absolute Gasteiger partial charge is 0.251 e. The lowest BCUT2D eigenvalue weighted by atomic mass is 9.96. The van der Waals surface area contributed by atoms with E-state index in [1.807, 2.05) is 0 Å². The number of halogens is 1. The molecule has 0 spiro atoms. The zero-order valence-electron chi connectivity index (χ0n) is 15.0. The van der Waals surface area contributed by atoms with Crippen LogP contribution in [0.5, 0.6) is 0 Å². The van der Waals surface area contributed by atoms with E-state index in [9.17, 15) is 19.8 Å². The highest BCUT2D eigenvalue weighted by Crippen LogP contribution is 2.24. The van der Waals surface area contributed by atoms with Crippen molar-refractivity contribution in [2.24, 2.45) is 0 Å². The average Bonchev–Trinajstić information content (AvgIpc) is 2.99. The van der Waals surface area contributed by atoms with Crippen molar-refractivity contribution in [1.29, 1.82) is 0 Å². The summed E-state index contributed by atoms with van der Waals surface area (Å²) in [5.41, 5.74) is -0.814. The van der Waals surface area contributed by atoms with Crippen molar-refractivity contribution in [2.75, 3.05) is 19.7 Å². The molecule has 7 nitrogen and oxygen atoms in total. The SMILES string of the molecule is O=C(NC[C@H]1OC[C@@](O)(CNC(=O)c2ccccc2)[C@@H]1O)c1cccc(Cl)c1. The van der Waals surface area contributed by atoms with E-state index in [0.717, 1.165) is 0 Å². The number of rotatable bonds is 6. The van der Waals surface area contributed by atoms with Crippen LogP contribution in [0.4, 0.5) is 0 Å². The second kappa shape index (κ2) is 8.70. The molecular weight excluding hydrogens is 384 g/mol. The molecule has 0 saturated carbocycles. The van der Waals surface area contributed by atoms with Gasteiger partial charge in [-0.25, -0.2) is 0 Å². The number of amides is 2. The Labute approximate surface area is 167 Å². The molecule has 0 unspecified atom stereocenters. The minimum Gasteiger partial charge on any atom is -0.387 e. The summed E-state index contributed by atoms with van der Waals surface area (Å²) in [7, 11) is 0. The van der Waals surface area contributed by atoms with Gasteiger partial charge in [0.1, 0.15) is 17.8 Å². The second-order valence-corrected chi connectivity index (χ2v) is 7.10. The molecule has 2 aromatic rings. The number of aliphatic hydroxyl groups excluding tert-OH is 1. The van der Waals surface area contributed by atoms with Gasteiger partial charge in [-0.2, -0.15) is 0 Å². The van der Waals surface area contributed by atoms with Gasteiger partial charge >= 0.3 is 0 Å². The zero-order valence-corrected chi connectivity index (χ0v) is 15.7. The van der Waals surface area contributed by atoms with Crippen LogP contribution in [0.2, 0.25) is 5.02 Å². The number of carbonyl (C=O) groups is 2. The lowest BCUT2D eigenvalue weighted by molar-refractivity contribution is -0.0464. The minimum atomic E-state index is -1.64. The van der Waals surface area contributed by atoms with Crippen LogP contribution in [0.1, 0.15) is 20.7 Å². The molecule has 1 fully saturated rings. The van der Waals surface area contributed by atoms with E-state index < -0.39 is 17.8 Å². The topological polar surface area (TPSA) is 108 Å². The number of hydrogen-bond donors (Lipinski definition) is 4. The van der Waals surface area contributed by atoms with Gasteiger partial charge in [-0.15, -0.1) is 0 Å². The maximum Gasteiger partial charge on any atom is 0.251 e. The lowest BCUT2D eigenvalue weighted by Crippen LogP contribution is -2.53. The molecule has 1 saturated heterocycles. The van der Waals surface area contributed by atoms with E-state index in [1.165, 1.54) is 6.07 Å². The third-order valence-corrected chi connectivity index (χ3v) is 4.83. The van der Waals surface area contributed by atoms with Crippen molar-refractivity contribution >= 4 is 23.4 Å². The molecule has 4 N–H and O–H groups in total. The Hall–Kier alpha value is -2.45. The van der Waals surface area contributed by atoms with Crippen molar-refractivity contribution in [1.82, 2.24) is 10.6 Å². The van der Waals surface area contributed by atoms with Gasteiger partial charge in [0.2, 0.25) is 0 Å². The predicted molar refractivity (Wildman–Crippen MR) is 103 cm³/mol. The fourth-order valence-electron chi connectivity index (χ4n) is 2.95. The molecule has 1 aliphatic heterocycles. The van der Waals surface area contributed by atoms with Gasteiger partial charge in [-0.05, 0) is 30.3 Å². The van der Waals surface area contributed by atoms with Crippen LogP contribution >= 0.6 is 11.6 Å². The lowest BCUT2D eigenvalue weighted by Gasteiger charge is -2.26. The molecule has 8 heteroatoms. The van der Waals surface area contributed by atoms with Crippen LogP contribution in [0.25, 0.3) is 0 Å². The van der Waals surface area contributed by atoms with Gasteiger partial charge in [-0.1, -0.05) is 35.9 Å². The highest BCUT2D eigenvalue weighted by atomic mass is 35.5. The first-order valence-electron chi connectivity index (χ1n) is 8.78. The number of benzene rings is 2. The Bertz CT molecular complexity index is 847. The van der Waals surface area contributed by atoms with Gasteiger partial charge in [0.05, 0.1) is 13.2 Å². The van der Waals surface area contributed by atoms with Gasteiger partial charge in [0.25, 0.3) is 11.8 Å². The van der Waals surface area contributed by atoms with E-state index in [2.05, 4.69) is 10.6 Å². The highest BCUT2D eigenvalue weighted by Gasteiger charge is 2.48. The van der Waals surface area contributed by atoms with Crippen LogP contribution in [-0.2, 0) is 4.74 Å². The first-order valence-corrected chi connectivity index (χ1v) is 9.16. The Morgan fingerprint density at radius 3 is 2.46 bits per heavy atom. The summed E-state index contributed by atoms with van der Waals surface area (Å²) in [6.07, 6.45) is -2.08. The van der Waals surface area contributed by atoms with Gasteiger partial charge < -0.3 is 25.6 Å². The molecule has 2 aromatic carbocycles. The van der Waals surface area contributed by atoms with E-state index in [4.69, 9.17) is 16.3 Å². The summed E-state index contributed by atoms with van der Waals surface area (Å²) in [6, 6.07) is 15.0. The van der Waals surface area contributed by atoms with Crippen LogP contribution in [0, 0.1) is 0 Å². The van der Waals surface area contributed by atoms with E-state index >= 15 is 0 Å². The average molecular weight is 405 g/mol. The summed E-state index contributed by atoms with van der Waals surface area (Å²) in [6.45, 7) is -0.344. The maximum absolute atomic E-state index is 12.2. The summed E-state index contributed by atoms with van der Waals surface area (Å²) in [5.74, 6) is -0.731. The van der Waals surface area contributed by atoms with Crippen molar-refractivity contribution < 1.29 is 24.5 Å². The molecule has 3 rings (SSSR count). The van der Waals surface area contributed by atoms with Gasteiger partial charge in [0, 0.05) is 22.7 Å². The highest BCUT2D eigenvalue weighted by molar-refractivity contribution is 6.30. The Balaban J connectivity index is 1.52. The molecule has 3 atom stereocenters. The fourth-order valence-corrected chi connectivity index (χ4v) is 3.14. The summed E-state index contributed by atoms with van der Waals surface area (Å²) >= 11 is 5.87. The monoisotopic (exact) mass is 404 g/mol. The Morgan fingerprint density at radius 1 is 1.07 bits per heavy atom. The van der Waals surface area contributed by atoms with E-state index in [1.54, 1.807) is 48.5 Å². The largest absolute Gasteiger partial charge is 0.387 e. The summed E-state index contributed by atoms with van der Waals surface area (Å²) < 4.78 is 5.44. The van der Waals surface area contributed by atoms with E-state index in [0.29, 0.717) is 16.1 Å². The Kier molecular flexibility index (Phi) is 6.31. The van der Waals surface area contributed by atoms with Crippen LogP contribution in [0.15, 0.2) is 54.6 Å². The normalized spacial score (nSPS) is 24.0. The van der Waals surface area contributed by atoms with Crippen molar-refractivity contribution in [3.63, 3.8) is 0 Å². The number of ether oxygens (including phenoxy) is 1. The molecule has 1 heterocycles. The molecule has 0 aromatic heterocycles. The number of carbonyl (C=O) groups excluding carboxylic acids is 2. The summed E-state index contributed by atoms with van der Waals surface area (Å²) in [4.78, 5) is 24.3. The maximum atomic E-state index is 12.2. The van der Waals surface area contributed by atoms with Gasteiger partial charge in [-0.3, -0.25) is 9.59 Å². The third-order valence-electron chi connectivity index (χ3n) is 4.59. The molecule has 0 bridgehead atoms. The number of hydrogen-bond acceptors (Lipinski definition) is 5. The molecule has 2 amide bonds. The molecule has 1 aliphatic rings. The number of aliphatic hydroxyl groups is 2. The molecule has 148 valence electrons. The quantitative estimate of drug-likeness (QED) is 0.574.